The molecule has 0 saturated carbocycles. The van der Waals surface area contributed by atoms with Gasteiger partial charge in [-0.1, -0.05) is 79.7 Å². The summed E-state index contributed by atoms with van der Waals surface area (Å²) >= 11 is 0. The number of aromatic nitrogens is 2. The Kier molecular flexibility index (Phi) is 25.6. The Labute approximate surface area is 275 Å². The summed E-state index contributed by atoms with van der Waals surface area (Å²) in [5.41, 5.74) is 11.2. The molecule has 8 heteroatoms. The third kappa shape index (κ3) is 16.5. The molecule has 0 aliphatic heterocycles. The quantitative estimate of drug-likeness (QED) is 0.127. The van der Waals surface area contributed by atoms with Gasteiger partial charge in [-0.3, -0.25) is 11.4 Å². The Morgan fingerprint density at radius 3 is 1.95 bits per heavy atom. The SMILES string of the molecule is CC.CC.CC.CCC(F)(F)CC.[CH-]=C(N)c1ccc(Nc2ccnc(-c3ccc(/C=C(\C)C=O)c(C)c3)n2)cc1.[Na+]. The largest absolute Gasteiger partial charge is 1.00 e. The summed E-state index contributed by atoms with van der Waals surface area (Å²) in [4.78, 5) is 19.8. The number of nitrogens with two attached hydrogens (primary N) is 1. The number of alkyl halides is 2. The van der Waals surface area contributed by atoms with Crippen LogP contribution >= 0.6 is 0 Å². The van der Waals surface area contributed by atoms with E-state index in [9.17, 15) is 13.6 Å². The number of hydrogen-bond acceptors (Lipinski definition) is 5. The minimum atomic E-state index is -2.42. The van der Waals surface area contributed by atoms with E-state index in [-0.39, 0.29) is 48.1 Å². The van der Waals surface area contributed by atoms with Gasteiger partial charge in [0.1, 0.15) is 12.1 Å². The van der Waals surface area contributed by atoms with Crippen LogP contribution in [-0.4, -0.2) is 22.2 Å². The smallest absolute Gasteiger partial charge is 0.431 e. The number of rotatable bonds is 8. The van der Waals surface area contributed by atoms with Crippen LogP contribution in [-0.2, 0) is 4.79 Å². The molecule has 3 N–H and O–H groups in total. The fourth-order valence-corrected chi connectivity index (χ4v) is 2.97. The van der Waals surface area contributed by atoms with Crippen molar-refractivity contribution in [3.63, 3.8) is 0 Å². The monoisotopic (exact) mass is 590 g/mol. The van der Waals surface area contributed by atoms with Gasteiger partial charge in [0.15, 0.2) is 5.82 Å². The number of benzene rings is 2. The Morgan fingerprint density at radius 2 is 1.52 bits per heavy atom. The second-order valence-electron chi connectivity index (χ2n) is 8.06. The summed E-state index contributed by atoms with van der Waals surface area (Å²) in [6.45, 7) is 24.3. The van der Waals surface area contributed by atoms with E-state index in [1.165, 1.54) is 13.8 Å². The van der Waals surface area contributed by atoms with Crippen molar-refractivity contribution < 1.29 is 43.1 Å². The molecule has 0 bridgehead atoms. The minimum Gasteiger partial charge on any atom is -0.431 e. The maximum Gasteiger partial charge on any atom is 1.00 e. The molecule has 226 valence electrons. The third-order valence-corrected chi connectivity index (χ3v) is 5.28. The molecule has 5 nitrogen and oxygen atoms in total. The van der Waals surface area contributed by atoms with Crippen molar-refractivity contribution in [2.45, 2.75) is 88.0 Å². The molecule has 0 aliphatic rings. The van der Waals surface area contributed by atoms with Crippen molar-refractivity contribution in [2.75, 3.05) is 5.32 Å². The molecular formula is C34H49F2N4NaO. The van der Waals surface area contributed by atoms with Crippen LogP contribution in [0.5, 0.6) is 0 Å². The predicted molar refractivity (Wildman–Crippen MR) is 173 cm³/mol. The van der Waals surface area contributed by atoms with Crippen molar-refractivity contribution in [3.8, 4) is 11.4 Å². The molecule has 0 spiro atoms. The fourth-order valence-electron chi connectivity index (χ4n) is 2.97. The summed E-state index contributed by atoms with van der Waals surface area (Å²) in [5.74, 6) is -1.12. The third-order valence-electron chi connectivity index (χ3n) is 5.28. The van der Waals surface area contributed by atoms with E-state index < -0.39 is 5.92 Å². The van der Waals surface area contributed by atoms with E-state index in [0.717, 1.165) is 34.2 Å². The van der Waals surface area contributed by atoms with Gasteiger partial charge < -0.3 is 11.1 Å². The molecule has 42 heavy (non-hydrogen) atoms. The van der Waals surface area contributed by atoms with E-state index in [2.05, 4.69) is 15.3 Å². The molecule has 2 aromatic carbocycles. The molecule has 0 atom stereocenters. The molecule has 3 aromatic rings. The number of aryl methyl sites for hydroxylation is 1. The van der Waals surface area contributed by atoms with Gasteiger partial charge in [0, 0.05) is 30.3 Å². The van der Waals surface area contributed by atoms with Crippen LogP contribution in [0.1, 0.15) is 91.8 Å². The maximum atomic E-state index is 11.9. The molecule has 0 aliphatic carbocycles. The topological polar surface area (TPSA) is 80.9 Å². The predicted octanol–water partition coefficient (Wildman–Crippen LogP) is 7.05. The molecular weight excluding hydrogens is 541 g/mol. The normalized spacial score (nSPS) is 9.86. The molecule has 0 amide bonds. The van der Waals surface area contributed by atoms with Crippen LogP contribution in [0, 0.1) is 13.5 Å². The van der Waals surface area contributed by atoms with Crippen molar-refractivity contribution in [2.24, 2.45) is 5.73 Å². The van der Waals surface area contributed by atoms with Crippen molar-refractivity contribution in [3.05, 3.63) is 83.6 Å². The van der Waals surface area contributed by atoms with Crippen molar-refractivity contribution in [1.82, 2.24) is 9.97 Å². The van der Waals surface area contributed by atoms with Gasteiger partial charge in [-0.15, -0.1) is 17.8 Å². The zero-order valence-corrected chi connectivity index (χ0v) is 29.5. The summed E-state index contributed by atoms with van der Waals surface area (Å²) in [5, 5.41) is 3.25. The minimum absolute atomic E-state index is 0. The van der Waals surface area contributed by atoms with Gasteiger partial charge in [0.2, 0.25) is 5.92 Å². The number of nitrogens with one attached hydrogen (secondary N) is 1. The molecule has 0 saturated heterocycles. The number of allylic oxidation sites excluding steroid dienone is 1. The Balaban J connectivity index is -0.000000932. The van der Waals surface area contributed by atoms with Gasteiger partial charge >= 0.3 is 29.6 Å². The number of hydrogen-bond donors (Lipinski definition) is 2. The van der Waals surface area contributed by atoms with E-state index in [1.54, 1.807) is 19.2 Å². The number of carbonyl (C=O) groups is 1. The van der Waals surface area contributed by atoms with Gasteiger partial charge in [-0.25, -0.2) is 18.7 Å². The van der Waals surface area contributed by atoms with E-state index in [4.69, 9.17) is 12.3 Å². The second-order valence-corrected chi connectivity index (χ2v) is 8.06. The van der Waals surface area contributed by atoms with Crippen LogP contribution in [0.3, 0.4) is 0 Å². The van der Waals surface area contributed by atoms with Crippen molar-refractivity contribution >= 4 is 29.6 Å². The summed E-state index contributed by atoms with van der Waals surface area (Å²) in [6.07, 6.45) is 4.34. The maximum absolute atomic E-state index is 11.9. The summed E-state index contributed by atoms with van der Waals surface area (Å²) in [7, 11) is 0. The molecule has 0 fully saturated rings. The first-order valence-electron chi connectivity index (χ1n) is 14.3. The Hall–Kier alpha value is -2.87. The van der Waals surface area contributed by atoms with E-state index in [0.29, 0.717) is 17.2 Å². The van der Waals surface area contributed by atoms with Gasteiger partial charge in [-0.2, -0.15) is 5.56 Å². The Bertz CT molecular complexity index is 1190. The average molecular weight is 591 g/mol. The van der Waals surface area contributed by atoms with Crippen LogP contribution in [0.2, 0.25) is 0 Å². The number of nitrogens with zero attached hydrogens (tertiary/aromatic N) is 2. The van der Waals surface area contributed by atoms with Gasteiger partial charge in [0.25, 0.3) is 0 Å². The van der Waals surface area contributed by atoms with Gasteiger partial charge in [0.05, 0.1) is 0 Å². The first kappa shape index (κ1) is 43.6. The van der Waals surface area contributed by atoms with Crippen LogP contribution < -0.4 is 40.6 Å². The number of aldehydes is 1. The summed E-state index contributed by atoms with van der Waals surface area (Å²) < 4.78 is 23.8. The number of halogens is 2. The van der Waals surface area contributed by atoms with E-state index >= 15 is 0 Å². The first-order valence-corrected chi connectivity index (χ1v) is 14.3. The van der Waals surface area contributed by atoms with Crippen molar-refractivity contribution in [1.29, 1.82) is 0 Å². The molecule has 0 unspecified atom stereocenters. The zero-order chi connectivity index (χ0) is 32.0. The first-order chi connectivity index (χ1) is 19.6. The van der Waals surface area contributed by atoms with Gasteiger partial charge in [-0.05, 0) is 48.8 Å². The Morgan fingerprint density at radius 1 is 0.976 bits per heavy atom. The van der Waals surface area contributed by atoms with E-state index in [1.807, 2.05) is 97.0 Å². The number of carbonyl (C=O) groups excluding carboxylic acids is 1. The van der Waals surface area contributed by atoms with Crippen LogP contribution in [0.15, 0.2) is 60.3 Å². The second kappa shape index (κ2) is 24.7. The van der Waals surface area contributed by atoms with Crippen LogP contribution in [0.25, 0.3) is 23.2 Å². The molecule has 1 heterocycles. The molecule has 1 aromatic heterocycles. The zero-order valence-electron chi connectivity index (χ0n) is 27.5. The number of anilines is 2. The molecule has 3 rings (SSSR count). The average Bonchev–Trinajstić information content (AvgIpc) is 3.01. The molecule has 0 radical (unpaired) electrons. The standard InChI is InChI=1S/C23H21N4O.C5H10F2.3C2H6.Na/c1-15(14-28)12-19-4-5-20(13-16(19)2)23-25-11-10-22(27-23)26-21-8-6-18(7-9-21)17(3)24;1-3-5(6,7)4-2;3*1-2;/h3-14H,24H2,1-2H3,(H,25,26,27);3-4H2,1-2H3;3*1-2H3;/q-1;;;;;+1/b15-12+;;;;;. The summed E-state index contributed by atoms with van der Waals surface area (Å²) in [6, 6.07) is 15.2. The van der Waals surface area contributed by atoms with Crippen LogP contribution in [0.4, 0.5) is 20.3 Å². The fraction of sp³-hybridized carbons (Fsp3) is 0.382.